The first-order chi connectivity index (χ1) is 35.0. The quantitative estimate of drug-likeness (QED) is 0.0261. The molecular formula is C65H118O6. The third-order valence-corrected chi connectivity index (χ3v) is 13.8. The third-order valence-electron chi connectivity index (χ3n) is 13.8. The van der Waals surface area contributed by atoms with E-state index in [1.165, 1.54) is 212 Å². The smallest absolute Gasteiger partial charge is 0.306 e. The number of hydrogen-bond acceptors (Lipinski definition) is 6. The second-order valence-electron chi connectivity index (χ2n) is 21.0. The Morgan fingerprint density at radius 2 is 0.507 bits per heavy atom. The van der Waals surface area contributed by atoms with E-state index in [9.17, 15) is 14.4 Å². The minimum Gasteiger partial charge on any atom is -0.462 e. The first-order valence-corrected chi connectivity index (χ1v) is 31.1. The summed E-state index contributed by atoms with van der Waals surface area (Å²) in [5.74, 6) is -0.880. The number of hydrogen-bond donors (Lipinski definition) is 0. The standard InChI is InChI=1S/C65H118O6/c1-4-7-10-13-16-19-22-25-28-30-31-32-33-35-38-41-44-47-50-53-56-59-65(68)71-62(60-69-63(66)57-54-51-48-45-42-39-36-27-24-21-18-15-12-9-6-3)61-70-64(67)58-55-52-49-46-43-40-37-34-29-26-23-20-17-14-11-8-5-2/h18,21,25-29,36,62H,4-17,19-20,22-24,30-35,37-61H2,1-3H3/b21-18-,28-25-,29-26-,36-27-/t62-/m1/s1. The van der Waals surface area contributed by atoms with Crippen LogP contribution in [0, 0.1) is 0 Å². The normalized spacial score (nSPS) is 12.3. The minimum absolute atomic E-state index is 0.0781. The van der Waals surface area contributed by atoms with E-state index in [4.69, 9.17) is 14.2 Å². The molecule has 0 aliphatic rings. The summed E-state index contributed by atoms with van der Waals surface area (Å²) >= 11 is 0. The monoisotopic (exact) mass is 995 g/mol. The zero-order valence-electron chi connectivity index (χ0n) is 47.5. The summed E-state index contributed by atoms with van der Waals surface area (Å²) in [5.41, 5.74) is 0. The topological polar surface area (TPSA) is 78.9 Å². The van der Waals surface area contributed by atoms with E-state index >= 15 is 0 Å². The predicted molar refractivity (Wildman–Crippen MR) is 307 cm³/mol. The van der Waals surface area contributed by atoms with Crippen LogP contribution in [-0.4, -0.2) is 37.2 Å². The van der Waals surface area contributed by atoms with Crippen LogP contribution in [0.3, 0.4) is 0 Å². The molecule has 0 saturated carbocycles. The van der Waals surface area contributed by atoms with Gasteiger partial charge in [-0.3, -0.25) is 14.4 Å². The lowest BCUT2D eigenvalue weighted by atomic mass is 10.0. The Bertz CT molecular complexity index is 1230. The molecular weight excluding hydrogens is 877 g/mol. The molecule has 0 aliphatic carbocycles. The van der Waals surface area contributed by atoms with Gasteiger partial charge in [-0.25, -0.2) is 0 Å². The lowest BCUT2D eigenvalue weighted by Gasteiger charge is -2.18. The van der Waals surface area contributed by atoms with Crippen molar-refractivity contribution < 1.29 is 28.6 Å². The van der Waals surface area contributed by atoms with Gasteiger partial charge in [-0.2, -0.15) is 0 Å². The van der Waals surface area contributed by atoms with Crippen molar-refractivity contribution >= 4 is 17.9 Å². The molecule has 0 N–H and O–H groups in total. The first kappa shape index (κ1) is 68.4. The molecule has 0 unspecified atom stereocenters. The Morgan fingerprint density at radius 3 is 0.817 bits per heavy atom. The number of allylic oxidation sites excluding steroid dienone is 8. The molecule has 0 aliphatic heterocycles. The highest BCUT2D eigenvalue weighted by atomic mass is 16.6. The van der Waals surface area contributed by atoms with Crippen LogP contribution in [0.1, 0.15) is 329 Å². The Kier molecular flexibility index (Phi) is 57.7. The molecule has 1 atom stereocenters. The van der Waals surface area contributed by atoms with Crippen molar-refractivity contribution in [2.75, 3.05) is 13.2 Å². The van der Waals surface area contributed by atoms with Gasteiger partial charge in [0.05, 0.1) is 0 Å². The van der Waals surface area contributed by atoms with E-state index in [0.29, 0.717) is 19.3 Å². The highest BCUT2D eigenvalue weighted by Crippen LogP contribution is 2.16. The minimum atomic E-state index is -0.781. The molecule has 0 radical (unpaired) electrons. The SMILES string of the molecule is CCCCC/C=C\C/C=C\CCCCCCCC(=O)OC[C@H](COC(=O)CCCCCCCCC/C=C\CCCCCCCC)OC(=O)CCCCCCCCCCCCC/C=C\CCCCCCCC. The fourth-order valence-corrected chi connectivity index (χ4v) is 9.05. The average Bonchev–Trinajstić information content (AvgIpc) is 3.37. The average molecular weight is 996 g/mol. The zero-order valence-corrected chi connectivity index (χ0v) is 47.5. The predicted octanol–water partition coefficient (Wildman–Crippen LogP) is 21.0. The Balaban J connectivity index is 4.35. The fourth-order valence-electron chi connectivity index (χ4n) is 9.05. The summed E-state index contributed by atoms with van der Waals surface area (Å²) in [5, 5.41) is 0. The van der Waals surface area contributed by atoms with Gasteiger partial charge in [-0.15, -0.1) is 0 Å². The fraction of sp³-hybridized carbons (Fsp3) is 0.831. The lowest BCUT2D eigenvalue weighted by molar-refractivity contribution is -0.167. The molecule has 6 nitrogen and oxygen atoms in total. The van der Waals surface area contributed by atoms with Crippen LogP contribution < -0.4 is 0 Å². The molecule has 0 bridgehead atoms. The summed E-state index contributed by atoms with van der Waals surface area (Å²) in [4.78, 5) is 38.3. The molecule has 0 aromatic rings. The summed E-state index contributed by atoms with van der Waals surface area (Å²) in [6, 6.07) is 0. The first-order valence-electron chi connectivity index (χ1n) is 31.1. The highest BCUT2D eigenvalue weighted by Gasteiger charge is 2.19. The number of unbranched alkanes of at least 4 members (excludes halogenated alkanes) is 38. The highest BCUT2D eigenvalue weighted by molar-refractivity contribution is 5.71. The van der Waals surface area contributed by atoms with Crippen molar-refractivity contribution in [3.8, 4) is 0 Å². The Hall–Kier alpha value is -2.63. The molecule has 0 amide bonds. The third kappa shape index (κ3) is 58.1. The molecule has 0 saturated heterocycles. The lowest BCUT2D eigenvalue weighted by Crippen LogP contribution is -2.30. The summed E-state index contributed by atoms with van der Waals surface area (Å²) < 4.78 is 16.9. The van der Waals surface area contributed by atoms with E-state index in [-0.39, 0.29) is 31.1 Å². The molecule has 0 aromatic carbocycles. The number of ether oxygens (including phenoxy) is 3. The maximum Gasteiger partial charge on any atom is 0.306 e. The van der Waals surface area contributed by atoms with Gasteiger partial charge in [-0.1, -0.05) is 256 Å². The van der Waals surface area contributed by atoms with Gasteiger partial charge < -0.3 is 14.2 Å². The van der Waals surface area contributed by atoms with Crippen molar-refractivity contribution in [1.29, 1.82) is 0 Å². The van der Waals surface area contributed by atoms with Crippen LogP contribution in [0.2, 0.25) is 0 Å². The summed E-state index contributed by atoms with van der Waals surface area (Å²) in [6.07, 6.45) is 73.9. The molecule has 0 heterocycles. The van der Waals surface area contributed by atoms with Gasteiger partial charge in [0.15, 0.2) is 6.10 Å². The summed E-state index contributed by atoms with van der Waals surface area (Å²) in [6.45, 7) is 6.63. The van der Waals surface area contributed by atoms with Crippen molar-refractivity contribution in [2.45, 2.75) is 335 Å². The largest absolute Gasteiger partial charge is 0.462 e. The number of carbonyl (C=O) groups is 3. The Labute approximate surface area is 441 Å². The second-order valence-corrected chi connectivity index (χ2v) is 21.0. The summed E-state index contributed by atoms with van der Waals surface area (Å²) in [7, 11) is 0. The van der Waals surface area contributed by atoms with Crippen LogP contribution in [0.25, 0.3) is 0 Å². The van der Waals surface area contributed by atoms with E-state index in [1.54, 1.807) is 0 Å². The molecule has 0 fully saturated rings. The van der Waals surface area contributed by atoms with Crippen LogP contribution >= 0.6 is 0 Å². The molecule has 0 rings (SSSR count). The molecule has 0 spiro atoms. The molecule has 71 heavy (non-hydrogen) atoms. The maximum atomic E-state index is 12.9. The van der Waals surface area contributed by atoms with Crippen LogP contribution in [-0.2, 0) is 28.6 Å². The molecule has 6 heteroatoms. The number of rotatable bonds is 57. The van der Waals surface area contributed by atoms with Gasteiger partial charge >= 0.3 is 17.9 Å². The van der Waals surface area contributed by atoms with Crippen LogP contribution in [0.4, 0.5) is 0 Å². The van der Waals surface area contributed by atoms with Gasteiger partial charge in [0, 0.05) is 19.3 Å². The van der Waals surface area contributed by atoms with Gasteiger partial charge in [0.25, 0.3) is 0 Å². The van der Waals surface area contributed by atoms with E-state index in [1.807, 2.05) is 0 Å². The van der Waals surface area contributed by atoms with Gasteiger partial charge in [0.2, 0.25) is 0 Å². The van der Waals surface area contributed by atoms with E-state index in [2.05, 4.69) is 69.4 Å². The van der Waals surface area contributed by atoms with E-state index in [0.717, 1.165) is 77.0 Å². The second kappa shape index (κ2) is 59.9. The van der Waals surface area contributed by atoms with Crippen molar-refractivity contribution in [1.82, 2.24) is 0 Å². The number of esters is 3. The number of carbonyl (C=O) groups excluding carboxylic acids is 3. The van der Waals surface area contributed by atoms with Gasteiger partial charge in [-0.05, 0) is 103 Å². The Morgan fingerprint density at radius 1 is 0.282 bits per heavy atom. The van der Waals surface area contributed by atoms with Gasteiger partial charge in [0.1, 0.15) is 13.2 Å². The zero-order chi connectivity index (χ0) is 51.4. The van der Waals surface area contributed by atoms with Crippen molar-refractivity contribution in [3.05, 3.63) is 48.6 Å². The van der Waals surface area contributed by atoms with Crippen molar-refractivity contribution in [3.63, 3.8) is 0 Å². The molecule has 414 valence electrons. The van der Waals surface area contributed by atoms with Crippen molar-refractivity contribution in [2.24, 2.45) is 0 Å². The van der Waals surface area contributed by atoms with Crippen LogP contribution in [0.15, 0.2) is 48.6 Å². The van der Waals surface area contributed by atoms with E-state index < -0.39 is 6.10 Å². The van der Waals surface area contributed by atoms with Crippen LogP contribution in [0.5, 0.6) is 0 Å². The maximum absolute atomic E-state index is 12.9. The molecule has 0 aromatic heterocycles.